The molecule has 0 heterocycles. The lowest BCUT2D eigenvalue weighted by atomic mass is 10.1. The van der Waals surface area contributed by atoms with Gasteiger partial charge in [0.05, 0.1) is 0 Å². The predicted octanol–water partition coefficient (Wildman–Crippen LogP) is 2.36. The number of benzene rings is 1. The molecule has 0 radical (unpaired) electrons. The number of ketones is 1. The van der Waals surface area contributed by atoms with Gasteiger partial charge in [0.1, 0.15) is 6.21 Å². The van der Waals surface area contributed by atoms with Gasteiger partial charge in [0.15, 0.2) is 0 Å². The van der Waals surface area contributed by atoms with Crippen LogP contribution in [0.5, 0.6) is 0 Å². The van der Waals surface area contributed by atoms with Crippen molar-refractivity contribution < 1.29 is 10.0 Å². The highest BCUT2D eigenvalue weighted by Crippen LogP contribution is 1.97. The van der Waals surface area contributed by atoms with Gasteiger partial charge in [-0.25, -0.2) is 0 Å². The predicted molar refractivity (Wildman–Crippen MR) is 52.4 cm³/mol. The molecule has 1 N–H and O–H groups in total. The summed E-state index contributed by atoms with van der Waals surface area (Å²) < 4.78 is 0. The van der Waals surface area contributed by atoms with Crippen LogP contribution in [0.1, 0.15) is 24.2 Å². The minimum atomic E-state index is -0.298. The van der Waals surface area contributed by atoms with Crippen molar-refractivity contribution in [2.45, 2.75) is 13.8 Å². The summed E-state index contributed by atoms with van der Waals surface area (Å²) in [5, 5.41) is 10.7. The fourth-order valence-corrected chi connectivity index (χ4v) is 0.729. The monoisotopic (exact) mass is 179 g/mol. The van der Waals surface area contributed by atoms with Crippen molar-refractivity contribution in [2.24, 2.45) is 5.16 Å². The maximum atomic E-state index is 10.9. The van der Waals surface area contributed by atoms with Gasteiger partial charge in [0.25, 0.3) is 0 Å². The summed E-state index contributed by atoms with van der Waals surface area (Å²) in [5.74, 6) is -0.298. The summed E-state index contributed by atoms with van der Waals surface area (Å²) >= 11 is 0. The van der Waals surface area contributed by atoms with E-state index in [1.807, 2.05) is 19.9 Å². The van der Waals surface area contributed by atoms with Crippen molar-refractivity contribution in [2.75, 3.05) is 0 Å². The van der Waals surface area contributed by atoms with Crippen LogP contribution >= 0.6 is 0 Å². The maximum Gasteiger partial charge on any atom is 0.207 e. The van der Waals surface area contributed by atoms with Crippen molar-refractivity contribution in [1.82, 2.24) is 0 Å². The van der Waals surface area contributed by atoms with Gasteiger partial charge in [-0.2, -0.15) is 0 Å². The minimum Gasteiger partial charge on any atom is -0.411 e. The van der Waals surface area contributed by atoms with Gasteiger partial charge in [-0.05, 0) is 0 Å². The number of carbonyl (C=O) groups is 1. The number of carbonyl (C=O) groups excluding carboxylic acids is 1. The number of nitrogens with zero attached hydrogens (tertiary/aromatic N) is 1. The molecule has 0 bridgehead atoms. The van der Waals surface area contributed by atoms with Crippen molar-refractivity contribution in [3.63, 3.8) is 0 Å². The van der Waals surface area contributed by atoms with Crippen LogP contribution in [-0.4, -0.2) is 17.2 Å². The van der Waals surface area contributed by atoms with Crippen LogP contribution < -0.4 is 0 Å². The van der Waals surface area contributed by atoms with E-state index < -0.39 is 0 Å². The Labute approximate surface area is 77.7 Å². The topological polar surface area (TPSA) is 49.7 Å². The lowest BCUT2D eigenvalue weighted by molar-refractivity contribution is 0.106. The molecular formula is C10H13NO2. The number of rotatable bonds is 2. The van der Waals surface area contributed by atoms with E-state index in [2.05, 4.69) is 5.16 Å². The standard InChI is InChI=1S/C8H7NO2.C2H6/c10-8(6-9-11)7-4-2-1-3-5-7;1-2/h1-6,11H;1-2H3/b9-6+;. The highest BCUT2D eigenvalue weighted by molar-refractivity contribution is 6.35. The summed E-state index contributed by atoms with van der Waals surface area (Å²) in [5.41, 5.74) is 0.519. The first-order valence-electron chi connectivity index (χ1n) is 4.11. The first-order chi connectivity index (χ1) is 6.34. The molecule has 1 rings (SSSR count). The van der Waals surface area contributed by atoms with Crippen LogP contribution in [0.3, 0.4) is 0 Å². The van der Waals surface area contributed by atoms with Gasteiger partial charge in [-0.15, -0.1) is 0 Å². The maximum absolute atomic E-state index is 10.9. The van der Waals surface area contributed by atoms with Crippen LogP contribution in [0, 0.1) is 0 Å². The minimum absolute atomic E-state index is 0.298. The highest BCUT2D eigenvalue weighted by Gasteiger charge is 1.98. The van der Waals surface area contributed by atoms with Crippen molar-refractivity contribution in [1.29, 1.82) is 0 Å². The third-order valence-corrected chi connectivity index (χ3v) is 1.23. The largest absolute Gasteiger partial charge is 0.411 e. The normalized spacial score (nSPS) is 9.08. The number of oxime groups is 1. The Morgan fingerprint density at radius 3 is 2.31 bits per heavy atom. The summed E-state index contributed by atoms with van der Waals surface area (Å²) in [4.78, 5) is 10.9. The molecule has 0 aliphatic heterocycles. The van der Waals surface area contributed by atoms with Crippen molar-refractivity contribution >= 4 is 12.0 Å². The molecule has 0 amide bonds. The van der Waals surface area contributed by atoms with E-state index in [-0.39, 0.29) is 5.78 Å². The molecular weight excluding hydrogens is 166 g/mol. The van der Waals surface area contributed by atoms with Gasteiger partial charge in [-0.3, -0.25) is 4.79 Å². The molecule has 1 aromatic rings. The Kier molecular flexibility index (Phi) is 6.15. The molecule has 0 aliphatic rings. The third kappa shape index (κ3) is 4.06. The molecule has 13 heavy (non-hydrogen) atoms. The average Bonchev–Trinajstić information content (AvgIpc) is 2.23. The zero-order chi connectivity index (χ0) is 10.1. The summed E-state index contributed by atoms with van der Waals surface area (Å²) in [6, 6.07) is 8.62. The average molecular weight is 179 g/mol. The van der Waals surface area contributed by atoms with Crippen molar-refractivity contribution in [3.05, 3.63) is 35.9 Å². The SMILES string of the molecule is CC.O=C(/C=N/O)c1ccccc1. The van der Waals surface area contributed by atoms with Gasteiger partial charge >= 0.3 is 0 Å². The molecule has 3 heteroatoms. The van der Waals surface area contributed by atoms with Crippen LogP contribution in [-0.2, 0) is 0 Å². The molecule has 70 valence electrons. The summed E-state index contributed by atoms with van der Waals surface area (Å²) in [7, 11) is 0. The smallest absolute Gasteiger partial charge is 0.207 e. The molecule has 1 aromatic carbocycles. The number of hydrogen-bond donors (Lipinski definition) is 1. The Bertz CT molecular complexity index is 268. The second-order valence-corrected chi connectivity index (χ2v) is 1.97. The van der Waals surface area contributed by atoms with E-state index in [0.29, 0.717) is 5.56 Å². The van der Waals surface area contributed by atoms with Crippen molar-refractivity contribution in [3.8, 4) is 0 Å². The Hall–Kier alpha value is -1.64. The molecule has 0 saturated heterocycles. The van der Waals surface area contributed by atoms with E-state index in [9.17, 15) is 4.79 Å². The molecule has 0 aromatic heterocycles. The highest BCUT2D eigenvalue weighted by atomic mass is 16.4. The van der Waals surface area contributed by atoms with Gasteiger partial charge < -0.3 is 5.21 Å². The van der Waals surface area contributed by atoms with E-state index >= 15 is 0 Å². The number of Topliss-reactive ketones (excluding diaryl/α,β-unsaturated/α-hetero) is 1. The van der Waals surface area contributed by atoms with Gasteiger partial charge in [-0.1, -0.05) is 49.3 Å². The quantitative estimate of drug-likeness (QED) is 0.328. The van der Waals surface area contributed by atoms with Crippen LogP contribution in [0.4, 0.5) is 0 Å². The lowest BCUT2D eigenvalue weighted by Gasteiger charge is -1.90. The molecule has 0 saturated carbocycles. The molecule has 0 spiro atoms. The zero-order valence-corrected chi connectivity index (χ0v) is 7.77. The first kappa shape index (κ1) is 11.4. The van der Waals surface area contributed by atoms with Gasteiger partial charge in [0.2, 0.25) is 5.78 Å². The molecule has 3 nitrogen and oxygen atoms in total. The molecule has 0 atom stereocenters. The Morgan fingerprint density at radius 1 is 1.31 bits per heavy atom. The molecule has 0 fully saturated rings. The van der Waals surface area contributed by atoms with E-state index in [1.54, 1.807) is 24.3 Å². The lowest BCUT2D eigenvalue weighted by Crippen LogP contribution is -1.98. The second-order valence-electron chi connectivity index (χ2n) is 1.97. The first-order valence-corrected chi connectivity index (χ1v) is 4.11. The summed E-state index contributed by atoms with van der Waals surface area (Å²) in [6.07, 6.45) is 0.870. The Morgan fingerprint density at radius 2 is 1.85 bits per heavy atom. The van der Waals surface area contributed by atoms with E-state index in [0.717, 1.165) is 6.21 Å². The molecule has 0 unspecified atom stereocenters. The van der Waals surface area contributed by atoms with E-state index in [4.69, 9.17) is 5.21 Å². The summed E-state index contributed by atoms with van der Waals surface area (Å²) in [6.45, 7) is 4.00. The Balaban J connectivity index is 0.000000671. The van der Waals surface area contributed by atoms with Crippen LogP contribution in [0.25, 0.3) is 0 Å². The van der Waals surface area contributed by atoms with Crippen LogP contribution in [0.15, 0.2) is 35.5 Å². The van der Waals surface area contributed by atoms with E-state index in [1.165, 1.54) is 0 Å². The third-order valence-electron chi connectivity index (χ3n) is 1.23. The second kappa shape index (κ2) is 7.03. The van der Waals surface area contributed by atoms with Gasteiger partial charge in [0, 0.05) is 5.56 Å². The van der Waals surface area contributed by atoms with Crippen LogP contribution in [0.2, 0.25) is 0 Å². The molecule has 0 aliphatic carbocycles. The fraction of sp³-hybridized carbons (Fsp3) is 0.200. The zero-order valence-electron chi connectivity index (χ0n) is 7.77. The fourth-order valence-electron chi connectivity index (χ4n) is 0.729. The number of hydrogen-bond acceptors (Lipinski definition) is 3.